The van der Waals surface area contributed by atoms with Gasteiger partial charge in [0, 0.05) is 22.6 Å². The fourth-order valence-corrected chi connectivity index (χ4v) is 2.31. The molecule has 0 saturated heterocycles. The second kappa shape index (κ2) is 5.88. The van der Waals surface area contributed by atoms with Crippen molar-refractivity contribution in [3.63, 3.8) is 0 Å². The van der Waals surface area contributed by atoms with Gasteiger partial charge in [0.15, 0.2) is 5.65 Å². The van der Waals surface area contributed by atoms with Gasteiger partial charge < -0.3 is 10.4 Å². The molecule has 104 valence electrons. The summed E-state index contributed by atoms with van der Waals surface area (Å²) >= 11 is 3.40. The number of hydrogen-bond acceptors (Lipinski definition) is 4. The average molecular weight is 327 g/mol. The maximum Gasteiger partial charge on any atom is 0.243 e. The fourth-order valence-electron chi connectivity index (χ4n) is 1.98. The van der Waals surface area contributed by atoms with Gasteiger partial charge in [-0.25, -0.2) is 4.52 Å². The second-order valence-corrected chi connectivity index (χ2v) is 5.72. The Morgan fingerprint density at radius 1 is 1.37 bits per heavy atom. The van der Waals surface area contributed by atoms with E-state index in [1.165, 1.54) is 0 Å². The zero-order valence-electron chi connectivity index (χ0n) is 11.2. The van der Waals surface area contributed by atoms with Crippen LogP contribution in [-0.2, 0) is 0 Å². The number of aliphatic hydroxyl groups is 1. The molecule has 0 spiro atoms. The van der Waals surface area contributed by atoms with Gasteiger partial charge in [-0.15, -0.1) is 5.10 Å². The quantitative estimate of drug-likeness (QED) is 0.856. The predicted octanol–water partition coefficient (Wildman–Crippen LogP) is 2.70. The van der Waals surface area contributed by atoms with Gasteiger partial charge in [0.1, 0.15) is 0 Å². The SMILES string of the molecule is CCC(CC)(CO)CNc1nc2ccc(Br)cn2n1. The molecule has 0 saturated carbocycles. The molecule has 0 aliphatic rings. The molecule has 0 fully saturated rings. The van der Waals surface area contributed by atoms with Crippen molar-refractivity contribution in [3.05, 3.63) is 22.8 Å². The molecule has 2 rings (SSSR count). The number of nitrogens with one attached hydrogen (secondary N) is 1. The fraction of sp³-hybridized carbons (Fsp3) is 0.538. The van der Waals surface area contributed by atoms with E-state index in [-0.39, 0.29) is 12.0 Å². The van der Waals surface area contributed by atoms with Gasteiger partial charge in [0.2, 0.25) is 5.95 Å². The Kier molecular flexibility index (Phi) is 4.42. The first-order chi connectivity index (χ1) is 9.12. The van der Waals surface area contributed by atoms with Crippen LogP contribution in [0, 0.1) is 5.41 Å². The number of anilines is 1. The molecule has 0 atom stereocenters. The third kappa shape index (κ3) is 3.06. The van der Waals surface area contributed by atoms with Crippen LogP contribution < -0.4 is 5.32 Å². The Labute approximate surface area is 121 Å². The minimum atomic E-state index is -0.0991. The summed E-state index contributed by atoms with van der Waals surface area (Å²) < 4.78 is 2.69. The molecule has 19 heavy (non-hydrogen) atoms. The molecular formula is C13H19BrN4O. The Balaban J connectivity index is 2.13. The first-order valence-electron chi connectivity index (χ1n) is 6.49. The summed E-state index contributed by atoms with van der Waals surface area (Å²) in [6.07, 6.45) is 3.71. The molecule has 6 heteroatoms. The smallest absolute Gasteiger partial charge is 0.243 e. The van der Waals surface area contributed by atoms with Crippen molar-refractivity contribution in [1.29, 1.82) is 0 Å². The van der Waals surface area contributed by atoms with Crippen LogP contribution >= 0.6 is 15.9 Å². The number of fused-ring (bicyclic) bond motifs is 1. The monoisotopic (exact) mass is 326 g/mol. The summed E-state index contributed by atoms with van der Waals surface area (Å²) in [6.45, 7) is 5.03. The summed E-state index contributed by atoms with van der Waals surface area (Å²) in [5.41, 5.74) is 0.700. The zero-order chi connectivity index (χ0) is 13.9. The van der Waals surface area contributed by atoms with Crippen LogP contribution in [0.5, 0.6) is 0 Å². The molecule has 0 aliphatic carbocycles. The number of aliphatic hydroxyl groups excluding tert-OH is 1. The highest BCUT2D eigenvalue weighted by molar-refractivity contribution is 9.10. The normalized spacial score (nSPS) is 12.0. The van der Waals surface area contributed by atoms with Crippen LogP contribution in [0.25, 0.3) is 5.65 Å². The first kappa shape index (κ1) is 14.3. The predicted molar refractivity (Wildman–Crippen MR) is 79.3 cm³/mol. The first-order valence-corrected chi connectivity index (χ1v) is 7.28. The molecule has 0 aliphatic heterocycles. The van der Waals surface area contributed by atoms with Gasteiger partial charge in [-0.3, -0.25) is 0 Å². The molecule has 2 heterocycles. The van der Waals surface area contributed by atoms with Gasteiger partial charge in [0.05, 0.1) is 6.61 Å². The Morgan fingerprint density at radius 3 is 2.74 bits per heavy atom. The lowest BCUT2D eigenvalue weighted by Gasteiger charge is -2.29. The molecule has 0 amide bonds. The highest BCUT2D eigenvalue weighted by atomic mass is 79.9. The van der Waals surface area contributed by atoms with Crippen LogP contribution in [0.15, 0.2) is 22.8 Å². The van der Waals surface area contributed by atoms with Gasteiger partial charge in [-0.05, 0) is 40.9 Å². The van der Waals surface area contributed by atoms with Crippen molar-refractivity contribution >= 4 is 27.5 Å². The summed E-state index contributed by atoms with van der Waals surface area (Å²) in [6, 6.07) is 3.84. The summed E-state index contributed by atoms with van der Waals surface area (Å²) in [5.74, 6) is 0.595. The van der Waals surface area contributed by atoms with Gasteiger partial charge in [-0.2, -0.15) is 4.98 Å². The van der Waals surface area contributed by atoms with E-state index in [1.54, 1.807) is 4.52 Å². The minimum Gasteiger partial charge on any atom is -0.396 e. The maximum atomic E-state index is 9.54. The van der Waals surface area contributed by atoms with Crippen molar-refractivity contribution in [3.8, 4) is 0 Å². The van der Waals surface area contributed by atoms with E-state index in [0.29, 0.717) is 12.5 Å². The Hall–Kier alpha value is -1.14. The highest BCUT2D eigenvalue weighted by Gasteiger charge is 2.25. The second-order valence-electron chi connectivity index (χ2n) is 4.80. The molecule has 2 N–H and O–H groups in total. The van der Waals surface area contributed by atoms with E-state index >= 15 is 0 Å². The number of nitrogens with zero attached hydrogens (tertiary/aromatic N) is 3. The molecule has 0 bridgehead atoms. The average Bonchev–Trinajstić information content (AvgIpc) is 2.83. The zero-order valence-corrected chi connectivity index (χ0v) is 12.8. The van der Waals surface area contributed by atoms with Crippen LogP contribution in [0.3, 0.4) is 0 Å². The van der Waals surface area contributed by atoms with Gasteiger partial charge >= 0.3 is 0 Å². The number of pyridine rings is 1. The third-order valence-electron chi connectivity index (χ3n) is 3.75. The standard InChI is InChI=1S/C13H19BrN4O/c1-3-13(4-2,9-19)8-15-12-16-11-6-5-10(14)7-18(11)17-12/h5-7,19H,3-4,8-9H2,1-2H3,(H,15,17). The largest absolute Gasteiger partial charge is 0.396 e. The van der Waals surface area contributed by atoms with Crippen molar-refractivity contribution in [2.75, 3.05) is 18.5 Å². The Morgan fingerprint density at radius 2 is 2.11 bits per heavy atom. The molecule has 0 unspecified atom stereocenters. The van der Waals surface area contributed by atoms with Crippen LogP contribution in [0.4, 0.5) is 5.95 Å². The number of hydrogen-bond donors (Lipinski definition) is 2. The van der Waals surface area contributed by atoms with Crippen molar-refractivity contribution in [2.45, 2.75) is 26.7 Å². The van der Waals surface area contributed by atoms with Gasteiger partial charge in [0.25, 0.3) is 0 Å². The van der Waals surface area contributed by atoms with E-state index < -0.39 is 0 Å². The lowest BCUT2D eigenvalue weighted by atomic mass is 9.83. The van der Waals surface area contributed by atoms with Crippen LogP contribution in [0.2, 0.25) is 0 Å². The van der Waals surface area contributed by atoms with Crippen molar-refractivity contribution < 1.29 is 5.11 Å². The number of aromatic nitrogens is 3. The van der Waals surface area contributed by atoms with Crippen LogP contribution in [0.1, 0.15) is 26.7 Å². The van der Waals surface area contributed by atoms with Crippen LogP contribution in [-0.4, -0.2) is 32.9 Å². The number of halogens is 1. The molecular weight excluding hydrogens is 308 g/mol. The third-order valence-corrected chi connectivity index (χ3v) is 4.22. The molecule has 0 aromatic carbocycles. The van der Waals surface area contributed by atoms with Crippen molar-refractivity contribution in [1.82, 2.24) is 14.6 Å². The van der Waals surface area contributed by atoms with Gasteiger partial charge in [-0.1, -0.05) is 13.8 Å². The summed E-state index contributed by atoms with van der Waals surface area (Å²) in [7, 11) is 0. The topological polar surface area (TPSA) is 62.5 Å². The Bertz CT molecular complexity index is 542. The van der Waals surface area contributed by atoms with E-state index in [2.05, 4.69) is 45.2 Å². The lowest BCUT2D eigenvalue weighted by Crippen LogP contribution is -2.32. The molecule has 2 aromatic rings. The molecule has 2 aromatic heterocycles. The molecule has 5 nitrogen and oxygen atoms in total. The molecule has 0 radical (unpaired) electrons. The maximum absolute atomic E-state index is 9.54. The van der Waals surface area contributed by atoms with E-state index in [9.17, 15) is 5.11 Å². The summed E-state index contributed by atoms with van der Waals surface area (Å²) in [5, 5.41) is 17.1. The highest BCUT2D eigenvalue weighted by Crippen LogP contribution is 2.25. The lowest BCUT2D eigenvalue weighted by molar-refractivity contribution is 0.127. The van der Waals surface area contributed by atoms with E-state index in [0.717, 1.165) is 23.0 Å². The minimum absolute atomic E-state index is 0.0991. The summed E-state index contributed by atoms with van der Waals surface area (Å²) in [4.78, 5) is 4.40. The van der Waals surface area contributed by atoms with E-state index in [1.807, 2.05) is 18.3 Å². The van der Waals surface area contributed by atoms with E-state index in [4.69, 9.17) is 0 Å². The van der Waals surface area contributed by atoms with Crippen molar-refractivity contribution in [2.24, 2.45) is 5.41 Å². The number of rotatable bonds is 6.